The number of aromatic nitrogens is 1. The van der Waals surface area contributed by atoms with Crippen LogP contribution < -0.4 is 5.32 Å². The number of carboxylic acids is 1. The molecular weight excluding hydrogens is 228 g/mol. The van der Waals surface area contributed by atoms with Gasteiger partial charge in [-0.2, -0.15) is 0 Å². The molecule has 2 heterocycles. The SMILES string of the molecule is O=C(O)C1CCCC(c2cc3ccccc3[nH]2)N1. The van der Waals surface area contributed by atoms with Crippen molar-refractivity contribution in [2.24, 2.45) is 0 Å². The van der Waals surface area contributed by atoms with Crippen LogP contribution in [-0.4, -0.2) is 22.1 Å². The van der Waals surface area contributed by atoms with E-state index in [-0.39, 0.29) is 6.04 Å². The Hall–Kier alpha value is -1.81. The normalized spacial score (nSPS) is 24.2. The summed E-state index contributed by atoms with van der Waals surface area (Å²) in [6, 6.07) is 9.91. The van der Waals surface area contributed by atoms with E-state index < -0.39 is 12.0 Å². The Labute approximate surface area is 105 Å². The zero-order chi connectivity index (χ0) is 12.5. The molecular formula is C14H16N2O2. The van der Waals surface area contributed by atoms with Crippen LogP contribution in [0.2, 0.25) is 0 Å². The molecule has 2 aromatic rings. The second kappa shape index (κ2) is 4.46. The molecule has 1 aromatic heterocycles. The van der Waals surface area contributed by atoms with Crippen molar-refractivity contribution in [2.75, 3.05) is 0 Å². The fourth-order valence-electron chi connectivity index (χ4n) is 2.66. The Morgan fingerprint density at radius 1 is 1.28 bits per heavy atom. The number of aromatic amines is 1. The van der Waals surface area contributed by atoms with E-state index in [2.05, 4.69) is 22.4 Å². The van der Waals surface area contributed by atoms with E-state index in [1.165, 1.54) is 5.39 Å². The fourth-order valence-corrected chi connectivity index (χ4v) is 2.66. The summed E-state index contributed by atoms with van der Waals surface area (Å²) in [5.41, 5.74) is 2.19. The predicted octanol–water partition coefficient (Wildman–Crippen LogP) is 2.44. The minimum atomic E-state index is -0.754. The Morgan fingerprint density at radius 3 is 2.89 bits per heavy atom. The molecule has 1 aliphatic heterocycles. The van der Waals surface area contributed by atoms with Gasteiger partial charge >= 0.3 is 5.97 Å². The van der Waals surface area contributed by atoms with Crippen molar-refractivity contribution in [1.29, 1.82) is 0 Å². The van der Waals surface area contributed by atoms with E-state index in [0.717, 1.165) is 24.1 Å². The quantitative estimate of drug-likeness (QED) is 0.760. The largest absolute Gasteiger partial charge is 0.480 e. The summed E-state index contributed by atoms with van der Waals surface area (Å²) in [6.07, 6.45) is 2.65. The fraction of sp³-hybridized carbons (Fsp3) is 0.357. The number of fused-ring (bicyclic) bond motifs is 1. The molecule has 2 atom stereocenters. The number of aliphatic carboxylic acids is 1. The number of nitrogens with one attached hydrogen (secondary N) is 2. The second-order valence-electron chi connectivity index (χ2n) is 4.85. The highest BCUT2D eigenvalue weighted by Crippen LogP contribution is 2.27. The second-order valence-corrected chi connectivity index (χ2v) is 4.85. The predicted molar refractivity (Wildman–Crippen MR) is 69.5 cm³/mol. The molecule has 3 rings (SSSR count). The summed E-state index contributed by atoms with van der Waals surface area (Å²) < 4.78 is 0. The Balaban J connectivity index is 1.87. The molecule has 0 bridgehead atoms. The maximum atomic E-state index is 11.0. The summed E-state index contributed by atoms with van der Waals surface area (Å²) in [5.74, 6) is -0.754. The molecule has 94 valence electrons. The zero-order valence-corrected chi connectivity index (χ0v) is 10.0. The number of hydrogen-bond donors (Lipinski definition) is 3. The lowest BCUT2D eigenvalue weighted by Crippen LogP contribution is -2.42. The number of hydrogen-bond acceptors (Lipinski definition) is 2. The van der Waals surface area contributed by atoms with Gasteiger partial charge in [0.15, 0.2) is 0 Å². The van der Waals surface area contributed by atoms with E-state index in [4.69, 9.17) is 5.11 Å². The maximum Gasteiger partial charge on any atom is 0.320 e. The molecule has 0 radical (unpaired) electrons. The highest BCUT2D eigenvalue weighted by Gasteiger charge is 2.27. The minimum absolute atomic E-state index is 0.118. The first-order valence-electron chi connectivity index (χ1n) is 6.30. The van der Waals surface area contributed by atoms with Crippen molar-refractivity contribution in [2.45, 2.75) is 31.3 Å². The van der Waals surface area contributed by atoms with Crippen LogP contribution in [0.15, 0.2) is 30.3 Å². The zero-order valence-electron chi connectivity index (χ0n) is 10.0. The van der Waals surface area contributed by atoms with Gasteiger partial charge in [0.1, 0.15) is 6.04 Å². The van der Waals surface area contributed by atoms with Crippen LogP contribution in [0.25, 0.3) is 10.9 Å². The molecule has 1 saturated heterocycles. The monoisotopic (exact) mass is 244 g/mol. The van der Waals surface area contributed by atoms with Crippen LogP contribution in [0.5, 0.6) is 0 Å². The third kappa shape index (κ3) is 1.99. The van der Waals surface area contributed by atoms with Crippen molar-refractivity contribution in [1.82, 2.24) is 10.3 Å². The van der Waals surface area contributed by atoms with E-state index in [0.29, 0.717) is 6.42 Å². The molecule has 2 unspecified atom stereocenters. The first-order valence-corrected chi connectivity index (χ1v) is 6.30. The van der Waals surface area contributed by atoms with Gasteiger partial charge in [0, 0.05) is 17.3 Å². The van der Waals surface area contributed by atoms with Crippen LogP contribution in [0.4, 0.5) is 0 Å². The number of rotatable bonds is 2. The molecule has 4 nitrogen and oxygen atoms in total. The van der Waals surface area contributed by atoms with Crippen molar-refractivity contribution in [3.05, 3.63) is 36.0 Å². The van der Waals surface area contributed by atoms with Gasteiger partial charge in [-0.25, -0.2) is 0 Å². The van der Waals surface area contributed by atoms with Gasteiger partial charge in [0.2, 0.25) is 0 Å². The van der Waals surface area contributed by atoms with Gasteiger partial charge in [-0.3, -0.25) is 10.1 Å². The molecule has 3 N–H and O–H groups in total. The summed E-state index contributed by atoms with van der Waals surface area (Å²) >= 11 is 0. The number of piperidine rings is 1. The van der Waals surface area contributed by atoms with E-state index in [1.54, 1.807) is 0 Å². The standard InChI is InChI=1S/C14H16N2O2/c17-14(18)12-7-3-6-11(16-12)13-8-9-4-1-2-5-10(9)15-13/h1-2,4-5,8,11-12,15-16H,3,6-7H2,(H,17,18). The number of carbonyl (C=O) groups is 1. The van der Waals surface area contributed by atoms with Crippen LogP contribution in [-0.2, 0) is 4.79 Å². The van der Waals surface area contributed by atoms with E-state index in [9.17, 15) is 4.79 Å². The summed E-state index contributed by atoms with van der Waals surface area (Å²) in [7, 11) is 0. The van der Waals surface area contributed by atoms with Crippen molar-refractivity contribution in [3.63, 3.8) is 0 Å². The average Bonchev–Trinajstić information content (AvgIpc) is 2.82. The smallest absolute Gasteiger partial charge is 0.320 e. The van der Waals surface area contributed by atoms with Crippen molar-refractivity contribution in [3.8, 4) is 0 Å². The van der Waals surface area contributed by atoms with Crippen LogP contribution >= 0.6 is 0 Å². The van der Waals surface area contributed by atoms with Crippen LogP contribution in [0, 0.1) is 0 Å². The molecule has 1 fully saturated rings. The molecule has 4 heteroatoms. The van der Waals surface area contributed by atoms with Crippen molar-refractivity contribution < 1.29 is 9.90 Å². The molecule has 1 aromatic carbocycles. The first kappa shape index (κ1) is 11.3. The number of benzene rings is 1. The Bertz CT molecular complexity index is 543. The number of para-hydroxylation sites is 1. The summed E-state index contributed by atoms with van der Waals surface area (Å²) in [5, 5.41) is 13.4. The number of H-pyrrole nitrogens is 1. The molecule has 0 amide bonds. The van der Waals surface area contributed by atoms with Gasteiger partial charge < -0.3 is 10.1 Å². The molecule has 1 aliphatic rings. The Morgan fingerprint density at radius 2 is 2.11 bits per heavy atom. The van der Waals surface area contributed by atoms with Gasteiger partial charge in [0.25, 0.3) is 0 Å². The average molecular weight is 244 g/mol. The van der Waals surface area contributed by atoms with Gasteiger partial charge in [0.05, 0.1) is 0 Å². The minimum Gasteiger partial charge on any atom is -0.480 e. The van der Waals surface area contributed by atoms with Crippen LogP contribution in [0.3, 0.4) is 0 Å². The summed E-state index contributed by atoms with van der Waals surface area (Å²) in [6.45, 7) is 0. The van der Waals surface area contributed by atoms with E-state index >= 15 is 0 Å². The topological polar surface area (TPSA) is 65.1 Å². The lowest BCUT2D eigenvalue weighted by Gasteiger charge is -2.27. The lowest BCUT2D eigenvalue weighted by atomic mass is 9.96. The molecule has 0 saturated carbocycles. The van der Waals surface area contributed by atoms with Crippen LogP contribution in [0.1, 0.15) is 31.0 Å². The molecule has 18 heavy (non-hydrogen) atoms. The van der Waals surface area contributed by atoms with Gasteiger partial charge in [-0.15, -0.1) is 0 Å². The van der Waals surface area contributed by atoms with E-state index in [1.807, 2.05) is 18.2 Å². The molecule has 0 aliphatic carbocycles. The highest BCUT2D eigenvalue weighted by atomic mass is 16.4. The van der Waals surface area contributed by atoms with Gasteiger partial charge in [-0.1, -0.05) is 18.2 Å². The van der Waals surface area contributed by atoms with Crippen molar-refractivity contribution >= 4 is 16.9 Å². The third-order valence-corrected chi connectivity index (χ3v) is 3.61. The first-order chi connectivity index (χ1) is 8.74. The number of carboxylic acid groups (broad SMARTS) is 1. The lowest BCUT2D eigenvalue weighted by molar-refractivity contribution is -0.140. The summed E-state index contributed by atoms with van der Waals surface area (Å²) in [4.78, 5) is 14.4. The third-order valence-electron chi connectivity index (χ3n) is 3.61. The van der Waals surface area contributed by atoms with Gasteiger partial charge in [-0.05, 0) is 36.8 Å². The molecule has 0 spiro atoms. The highest BCUT2D eigenvalue weighted by molar-refractivity contribution is 5.80. The maximum absolute atomic E-state index is 11.0. The Kier molecular flexibility index (Phi) is 2.80.